The molecule has 0 spiro atoms. The Kier molecular flexibility index (Phi) is 4.80. The number of Topliss-reactive ketones (excluding diaryl/α,β-unsaturated/α-hetero) is 1. The van der Waals surface area contributed by atoms with E-state index in [0.717, 1.165) is 25.2 Å². The molecule has 0 atom stereocenters. The van der Waals surface area contributed by atoms with E-state index >= 15 is 0 Å². The normalized spacial score (nSPS) is 27.7. The van der Waals surface area contributed by atoms with Crippen molar-refractivity contribution in [1.82, 2.24) is 4.90 Å². The maximum atomic E-state index is 12.7. The van der Waals surface area contributed by atoms with Gasteiger partial charge in [-0.2, -0.15) is 11.3 Å². The molecule has 0 amide bonds. The van der Waals surface area contributed by atoms with Crippen molar-refractivity contribution in [3.8, 4) is 0 Å². The molecule has 1 saturated carbocycles. The van der Waals surface area contributed by atoms with E-state index in [0.29, 0.717) is 12.2 Å². The monoisotopic (exact) mass is 279 g/mol. The van der Waals surface area contributed by atoms with Gasteiger partial charge in [0.15, 0.2) is 5.78 Å². The fourth-order valence-corrected chi connectivity index (χ4v) is 3.84. The third-order valence-electron chi connectivity index (χ3n) is 4.70. The van der Waals surface area contributed by atoms with Gasteiger partial charge in [-0.15, -0.1) is 0 Å². The largest absolute Gasteiger partial charge is 0.298 e. The molecule has 0 saturated heterocycles. The van der Waals surface area contributed by atoms with Gasteiger partial charge in [0.05, 0.1) is 5.54 Å². The fourth-order valence-electron chi connectivity index (χ4n) is 3.14. The standard InChI is InChI=1S/C16H25NOS/c1-13-6-9-16(10-7-13,17(2)3)15(18)5-4-14-8-11-19-12-14/h8,11-13H,4-7,9-10H2,1-3H3. The highest BCUT2D eigenvalue weighted by molar-refractivity contribution is 7.07. The summed E-state index contributed by atoms with van der Waals surface area (Å²) in [4.78, 5) is 14.9. The number of carbonyl (C=O) groups is 1. The first-order valence-corrected chi connectivity index (χ1v) is 8.21. The molecule has 1 aliphatic rings. The maximum absolute atomic E-state index is 12.7. The van der Waals surface area contributed by atoms with Gasteiger partial charge in [0, 0.05) is 6.42 Å². The van der Waals surface area contributed by atoms with Crippen molar-refractivity contribution in [1.29, 1.82) is 0 Å². The molecule has 0 N–H and O–H groups in total. The summed E-state index contributed by atoms with van der Waals surface area (Å²) in [5, 5.41) is 4.24. The van der Waals surface area contributed by atoms with E-state index in [2.05, 4.69) is 42.7 Å². The van der Waals surface area contributed by atoms with Crippen LogP contribution in [0.3, 0.4) is 0 Å². The van der Waals surface area contributed by atoms with Gasteiger partial charge in [0.2, 0.25) is 0 Å². The van der Waals surface area contributed by atoms with Gasteiger partial charge < -0.3 is 0 Å². The smallest absolute Gasteiger partial charge is 0.153 e. The molecule has 1 heterocycles. The summed E-state index contributed by atoms with van der Waals surface area (Å²) in [7, 11) is 4.14. The number of likely N-dealkylation sites (N-methyl/N-ethyl adjacent to an activating group) is 1. The van der Waals surface area contributed by atoms with Crippen molar-refractivity contribution in [3.05, 3.63) is 22.4 Å². The second-order valence-electron chi connectivity index (χ2n) is 6.16. The van der Waals surface area contributed by atoms with Crippen molar-refractivity contribution in [3.63, 3.8) is 0 Å². The van der Waals surface area contributed by atoms with Crippen molar-refractivity contribution in [2.24, 2.45) is 5.92 Å². The molecule has 19 heavy (non-hydrogen) atoms. The summed E-state index contributed by atoms with van der Waals surface area (Å²) in [5.41, 5.74) is 1.11. The molecule has 1 aromatic rings. The minimum Gasteiger partial charge on any atom is -0.298 e. The lowest BCUT2D eigenvalue weighted by atomic mass is 9.73. The van der Waals surface area contributed by atoms with Gasteiger partial charge in [-0.05, 0) is 74.5 Å². The molecule has 0 radical (unpaired) electrons. The van der Waals surface area contributed by atoms with Crippen molar-refractivity contribution in [2.45, 2.75) is 51.0 Å². The average molecular weight is 279 g/mol. The fraction of sp³-hybridized carbons (Fsp3) is 0.688. The van der Waals surface area contributed by atoms with E-state index in [1.54, 1.807) is 11.3 Å². The van der Waals surface area contributed by atoms with Gasteiger partial charge >= 0.3 is 0 Å². The third kappa shape index (κ3) is 3.26. The zero-order valence-electron chi connectivity index (χ0n) is 12.3. The van der Waals surface area contributed by atoms with Crippen LogP contribution in [0.4, 0.5) is 0 Å². The van der Waals surface area contributed by atoms with E-state index in [1.807, 2.05) is 0 Å². The topological polar surface area (TPSA) is 20.3 Å². The first-order chi connectivity index (χ1) is 9.04. The number of nitrogens with zero attached hydrogens (tertiary/aromatic N) is 1. The number of ketones is 1. The highest BCUT2D eigenvalue weighted by Crippen LogP contribution is 2.36. The van der Waals surface area contributed by atoms with Crippen molar-refractivity contribution < 1.29 is 4.79 Å². The molecular formula is C16H25NOS. The minimum absolute atomic E-state index is 0.192. The molecule has 0 aliphatic heterocycles. The summed E-state index contributed by atoms with van der Waals surface area (Å²) in [6.07, 6.45) is 6.01. The molecule has 2 rings (SSSR count). The van der Waals surface area contributed by atoms with E-state index in [1.165, 1.54) is 18.4 Å². The van der Waals surface area contributed by atoms with E-state index in [-0.39, 0.29) is 5.54 Å². The molecule has 3 heteroatoms. The molecule has 1 aromatic heterocycles. The number of carbonyl (C=O) groups excluding carboxylic acids is 1. The van der Waals surface area contributed by atoms with Crippen LogP contribution in [0.25, 0.3) is 0 Å². The van der Waals surface area contributed by atoms with Crippen LogP contribution in [0.15, 0.2) is 16.8 Å². The van der Waals surface area contributed by atoms with Gasteiger partial charge in [0.1, 0.15) is 0 Å². The number of aryl methyl sites for hydroxylation is 1. The summed E-state index contributed by atoms with van der Waals surface area (Å²) in [5.74, 6) is 1.22. The molecule has 1 aliphatic carbocycles. The van der Waals surface area contributed by atoms with Gasteiger partial charge in [-0.25, -0.2) is 0 Å². The Morgan fingerprint density at radius 2 is 2.11 bits per heavy atom. The van der Waals surface area contributed by atoms with E-state index < -0.39 is 0 Å². The lowest BCUT2D eigenvalue weighted by Crippen LogP contribution is -2.53. The van der Waals surface area contributed by atoms with Gasteiger partial charge in [-0.3, -0.25) is 9.69 Å². The molecule has 1 fully saturated rings. The van der Waals surface area contributed by atoms with Crippen LogP contribution >= 0.6 is 11.3 Å². The van der Waals surface area contributed by atoms with Crippen LogP contribution in [0.2, 0.25) is 0 Å². The minimum atomic E-state index is -0.192. The van der Waals surface area contributed by atoms with Crippen LogP contribution in [0, 0.1) is 5.92 Å². The molecular weight excluding hydrogens is 254 g/mol. The zero-order chi connectivity index (χ0) is 13.9. The predicted molar refractivity (Wildman–Crippen MR) is 81.7 cm³/mol. The number of hydrogen-bond acceptors (Lipinski definition) is 3. The molecule has 0 unspecified atom stereocenters. The highest BCUT2D eigenvalue weighted by Gasteiger charge is 2.41. The lowest BCUT2D eigenvalue weighted by molar-refractivity contribution is -0.132. The maximum Gasteiger partial charge on any atom is 0.153 e. The van der Waals surface area contributed by atoms with Gasteiger partial charge in [0.25, 0.3) is 0 Å². The molecule has 106 valence electrons. The van der Waals surface area contributed by atoms with Crippen molar-refractivity contribution in [2.75, 3.05) is 14.1 Å². The zero-order valence-corrected chi connectivity index (χ0v) is 13.1. The lowest BCUT2D eigenvalue weighted by Gasteiger charge is -2.43. The Labute approximate surface area is 120 Å². The second-order valence-corrected chi connectivity index (χ2v) is 6.94. The quantitative estimate of drug-likeness (QED) is 0.818. The Morgan fingerprint density at radius 1 is 1.42 bits per heavy atom. The van der Waals surface area contributed by atoms with Crippen LogP contribution < -0.4 is 0 Å². The van der Waals surface area contributed by atoms with E-state index in [9.17, 15) is 4.79 Å². The molecule has 0 aromatic carbocycles. The SMILES string of the molecule is CC1CCC(C(=O)CCc2ccsc2)(N(C)C)CC1. The highest BCUT2D eigenvalue weighted by atomic mass is 32.1. The summed E-state index contributed by atoms with van der Waals surface area (Å²) >= 11 is 1.71. The third-order valence-corrected chi connectivity index (χ3v) is 5.43. The van der Waals surface area contributed by atoms with Crippen LogP contribution in [-0.4, -0.2) is 30.3 Å². The summed E-state index contributed by atoms with van der Waals surface area (Å²) < 4.78 is 0. The van der Waals surface area contributed by atoms with Crippen molar-refractivity contribution >= 4 is 17.1 Å². The number of rotatable bonds is 5. The molecule has 2 nitrogen and oxygen atoms in total. The summed E-state index contributed by atoms with van der Waals surface area (Å²) in [6.45, 7) is 2.30. The number of thiophene rings is 1. The average Bonchev–Trinajstić information content (AvgIpc) is 2.90. The first kappa shape index (κ1) is 14.7. The predicted octanol–water partition coefficient (Wildman–Crippen LogP) is 3.76. The second kappa shape index (κ2) is 6.19. The Hall–Kier alpha value is -0.670. The van der Waals surface area contributed by atoms with Crippen LogP contribution in [0.5, 0.6) is 0 Å². The Bertz CT molecular complexity index is 402. The molecule has 0 bridgehead atoms. The first-order valence-electron chi connectivity index (χ1n) is 7.26. The summed E-state index contributed by atoms with van der Waals surface area (Å²) in [6, 6.07) is 2.13. The number of hydrogen-bond donors (Lipinski definition) is 0. The van der Waals surface area contributed by atoms with Crippen LogP contribution in [0.1, 0.15) is 44.6 Å². The van der Waals surface area contributed by atoms with Crippen LogP contribution in [-0.2, 0) is 11.2 Å². The Balaban J connectivity index is 2.00. The van der Waals surface area contributed by atoms with E-state index in [4.69, 9.17) is 0 Å². The van der Waals surface area contributed by atoms with Gasteiger partial charge in [-0.1, -0.05) is 6.92 Å². The Morgan fingerprint density at radius 3 is 2.63 bits per heavy atom.